The number of nitrogens with zero attached hydrogens (tertiary/aromatic N) is 2. The summed E-state index contributed by atoms with van der Waals surface area (Å²) in [7, 11) is 2.02. The first-order chi connectivity index (χ1) is 8.93. The van der Waals surface area contributed by atoms with E-state index in [1.807, 2.05) is 14.0 Å². The largest absolute Gasteiger partial charge is 0.409 e. The number of nitrogens with two attached hydrogens (primary N) is 1. The summed E-state index contributed by atoms with van der Waals surface area (Å²) in [5, 5.41) is 14.5. The van der Waals surface area contributed by atoms with Crippen LogP contribution < -0.4 is 11.1 Å². The second-order valence-electron chi connectivity index (χ2n) is 5.14. The van der Waals surface area contributed by atoms with Crippen LogP contribution in [-0.4, -0.2) is 61.2 Å². The van der Waals surface area contributed by atoms with E-state index in [2.05, 4.69) is 15.4 Å². The summed E-state index contributed by atoms with van der Waals surface area (Å²) in [6.45, 7) is 6.27. The summed E-state index contributed by atoms with van der Waals surface area (Å²) in [5.74, 6) is -0.323. The van der Waals surface area contributed by atoms with Crippen molar-refractivity contribution in [3.63, 3.8) is 0 Å². The highest BCUT2D eigenvalue weighted by atomic mass is 16.5. The van der Waals surface area contributed by atoms with Gasteiger partial charge in [-0.1, -0.05) is 12.1 Å². The topological polar surface area (TPSA) is 100 Å². The maximum atomic E-state index is 12.2. The fourth-order valence-corrected chi connectivity index (χ4v) is 1.96. The summed E-state index contributed by atoms with van der Waals surface area (Å²) < 4.78 is 5.56. The first-order valence-electron chi connectivity index (χ1n) is 6.50. The number of nitrogens with one attached hydrogen (secondary N) is 1. The molecule has 4 N–H and O–H groups in total. The normalized spacial score (nSPS) is 24.8. The van der Waals surface area contributed by atoms with Crippen molar-refractivity contribution in [1.82, 2.24) is 10.2 Å². The molecule has 0 spiro atoms. The molecule has 0 saturated carbocycles. The van der Waals surface area contributed by atoms with E-state index in [1.165, 1.54) is 0 Å². The van der Waals surface area contributed by atoms with Crippen LogP contribution in [0.15, 0.2) is 5.16 Å². The number of amidine groups is 1. The van der Waals surface area contributed by atoms with Gasteiger partial charge in [0.25, 0.3) is 0 Å². The highest BCUT2D eigenvalue weighted by molar-refractivity contribution is 6.06. The molecule has 2 atom stereocenters. The van der Waals surface area contributed by atoms with E-state index in [9.17, 15) is 4.79 Å². The Labute approximate surface area is 113 Å². The Kier molecular flexibility index (Phi) is 5.56. The molecule has 7 heteroatoms. The van der Waals surface area contributed by atoms with Crippen LogP contribution in [0.3, 0.4) is 0 Å². The second-order valence-corrected chi connectivity index (χ2v) is 5.14. The number of carbonyl (C=O) groups is 1. The van der Waals surface area contributed by atoms with Crippen LogP contribution in [0, 0.1) is 5.41 Å². The van der Waals surface area contributed by atoms with Gasteiger partial charge in [0.05, 0.1) is 12.7 Å². The Morgan fingerprint density at radius 3 is 2.89 bits per heavy atom. The van der Waals surface area contributed by atoms with Crippen molar-refractivity contribution >= 4 is 11.7 Å². The lowest BCUT2D eigenvalue weighted by Crippen LogP contribution is -2.51. The van der Waals surface area contributed by atoms with Gasteiger partial charge in [-0.15, -0.1) is 0 Å². The van der Waals surface area contributed by atoms with Gasteiger partial charge in [0.2, 0.25) is 5.91 Å². The van der Waals surface area contributed by atoms with E-state index in [-0.39, 0.29) is 17.8 Å². The average Bonchev–Trinajstić information content (AvgIpc) is 2.42. The highest BCUT2D eigenvalue weighted by Gasteiger charge is 2.36. The molecule has 2 unspecified atom stereocenters. The molecule has 0 aromatic carbocycles. The number of morpholine rings is 1. The molecular formula is C12H24N4O3. The first-order valence-corrected chi connectivity index (χ1v) is 6.50. The third-order valence-corrected chi connectivity index (χ3v) is 3.71. The Morgan fingerprint density at radius 1 is 1.68 bits per heavy atom. The lowest BCUT2D eigenvalue weighted by molar-refractivity contribution is -0.128. The van der Waals surface area contributed by atoms with Crippen molar-refractivity contribution in [2.24, 2.45) is 16.3 Å². The molecule has 0 bridgehead atoms. The fourth-order valence-electron chi connectivity index (χ4n) is 1.96. The van der Waals surface area contributed by atoms with Gasteiger partial charge in [0.1, 0.15) is 5.41 Å². The Hall–Kier alpha value is -1.34. The summed E-state index contributed by atoms with van der Waals surface area (Å²) >= 11 is 0. The van der Waals surface area contributed by atoms with E-state index in [0.717, 1.165) is 13.1 Å². The van der Waals surface area contributed by atoms with Gasteiger partial charge in [-0.3, -0.25) is 4.79 Å². The zero-order valence-electron chi connectivity index (χ0n) is 11.8. The number of likely N-dealkylation sites (N-methyl/N-ethyl adjacent to an activating group) is 1. The molecule has 1 amide bonds. The van der Waals surface area contributed by atoms with E-state index in [1.54, 1.807) is 6.92 Å². The van der Waals surface area contributed by atoms with Crippen molar-refractivity contribution in [2.45, 2.75) is 26.4 Å². The molecule has 1 fully saturated rings. The molecule has 1 aliphatic rings. The van der Waals surface area contributed by atoms with Crippen molar-refractivity contribution in [1.29, 1.82) is 0 Å². The van der Waals surface area contributed by atoms with Crippen LogP contribution in [0.1, 0.15) is 20.3 Å². The Balaban J connectivity index is 2.54. The zero-order valence-corrected chi connectivity index (χ0v) is 11.8. The third-order valence-electron chi connectivity index (χ3n) is 3.71. The number of ether oxygens (including phenoxy) is 1. The van der Waals surface area contributed by atoms with Gasteiger partial charge in [0, 0.05) is 19.6 Å². The standard InChI is InChI=1S/C12H24N4O3/c1-4-12(2,10(13)15-18)11(17)14-7-9-8-16(3)5-6-19-9/h9,18H,4-8H2,1-3H3,(H2,13,15)(H,14,17). The second kappa shape index (κ2) is 6.72. The summed E-state index contributed by atoms with van der Waals surface area (Å²) in [6.07, 6.45) is 0.441. The summed E-state index contributed by atoms with van der Waals surface area (Å²) in [4.78, 5) is 14.3. The number of hydrogen-bond acceptors (Lipinski definition) is 5. The zero-order chi connectivity index (χ0) is 14.5. The molecule has 0 aromatic heterocycles. The highest BCUT2D eigenvalue weighted by Crippen LogP contribution is 2.21. The Bertz CT molecular complexity index is 348. The molecule has 7 nitrogen and oxygen atoms in total. The molecule has 1 rings (SSSR count). The van der Waals surface area contributed by atoms with E-state index >= 15 is 0 Å². The van der Waals surface area contributed by atoms with E-state index in [0.29, 0.717) is 19.6 Å². The van der Waals surface area contributed by atoms with Gasteiger partial charge >= 0.3 is 0 Å². The quantitative estimate of drug-likeness (QED) is 0.273. The van der Waals surface area contributed by atoms with Crippen LogP contribution in [0.5, 0.6) is 0 Å². The molecule has 110 valence electrons. The summed E-state index contributed by atoms with van der Waals surface area (Å²) in [5.41, 5.74) is 4.60. The predicted octanol–water partition coefficient (Wildman–Crippen LogP) is -0.404. The minimum Gasteiger partial charge on any atom is -0.409 e. The van der Waals surface area contributed by atoms with Crippen LogP contribution in [0.4, 0.5) is 0 Å². The van der Waals surface area contributed by atoms with E-state index in [4.69, 9.17) is 15.7 Å². The number of rotatable bonds is 5. The molecule has 19 heavy (non-hydrogen) atoms. The Morgan fingerprint density at radius 2 is 2.37 bits per heavy atom. The monoisotopic (exact) mass is 272 g/mol. The molecule has 0 aliphatic carbocycles. The van der Waals surface area contributed by atoms with Crippen molar-refractivity contribution < 1.29 is 14.7 Å². The maximum absolute atomic E-state index is 12.2. The van der Waals surface area contributed by atoms with Crippen LogP contribution in [0.25, 0.3) is 0 Å². The summed E-state index contributed by atoms with van der Waals surface area (Å²) in [6, 6.07) is 0. The van der Waals surface area contributed by atoms with Crippen molar-refractivity contribution in [3.05, 3.63) is 0 Å². The number of amides is 1. The number of carbonyl (C=O) groups excluding carboxylic acids is 1. The smallest absolute Gasteiger partial charge is 0.233 e. The molecule has 1 heterocycles. The SMILES string of the molecule is CCC(C)(C(=O)NCC1CN(C)CCO1)C(N)=NO. The van der Waals surface area contributed by atoms with Gasteiger partial charge in [-0.25, -0.2) is 0 Å². The van der Waals surface area contributed by atoms with Crippen LogP contribution >= 0.6 is 0 Å². The number of hydrogen-bond donors (Lipinski definition) is 3. The van der Waals surface area contributed by atoms with Gasteiger partial charge < -0.3 is 25.9 Å². The molecule has 0 aromatic rings. The molecule has 0 radical (unpaired) electrons. The van der Waals surface area contributed by atoms with Crippen molar-refractivity contribution in [2.75, 3.05) is 33.3 Å². The minimum absolute atomic E-state index is 0.0175. The van der Waals surface area contributed by atoms with Crippen LogP contribution in [0.2, 0.25) is 0 Å². The fraction of sp³-hybridized carbons (Fsp3) is 0.833. The molecular weight excluding hydrogens is 248 g/mol. The predicted molar refractivity (Wildman–Crippen MR) is 72.1 cm³/mol. The average molecular weight is 272 g/mol. The maximum Gasteiger partial charge on any atom is 0.233 e. The first kappa shape index (κ1) is 15.7. The lowest BCUT2D eigenvalue weighted by Gasteiger charge is -2.31. The third kappa shape index (κ3) is 3.81. The van der Waals surface area contributed by atoms with E-state index < -0.39 is 5.41 Å². The number of oxime groups is 1. The lowest BCUT2D eigenvalue weighted by atomic mass is 9.85. The van der Waals surface area contributed by atoms with Gasteiger partial charge in [0.15, 0.2) is 5.84 Å². The van der Waals surface area contributed by atoms with Gasteiger partial charge in [-0.2, -0.15) is 0 Å². The minimum atomic E-state index is -0.991. The van der Waals surface area contributed by atoms with Gasteiger partial charge in [-0.05, 0) is 20.4 Å². The molecule has 1 saturated heterocycles. The van der Waals surface area contributed by atoms with Crippen LogP contribution in [-0.2, 0) is 9.53 Å². The van der Waals surface area contributed by atoms with Crippen molar-refractivity contribution in [3.8, 4) is 0 Å². The molecule has 1 aliphatic heterocycles.